The van der Waals surface area contributed by atoms with Crippen molar-refractivity contribution in [3.05, 3.63) is 0 Å². The summed E-state index contributed by atoms with van der Waals surface area (Å²) in [6.45, 7) is 3.23. The van der Waals surface area contributed by atoms with Crippen LogP contribution in [0.3, 0.4) is 0 Å². The third-order valence-electron chi connectivity index (χ3n) is 1.70. The fraction of sp³-hybridized carbons (Fsp3) is 0.900. The summed E-state index contributed by atoms with van der Waals surface area (Å²) >= 11 is 0. The molecular weight excluding hydrogens is 148 g/mol. The van der Waals surface area contributed by atoms with Gasteiger partial charge in [0.25, 0.3) is 0 Å². The van der Waals surface area contributed by atoms with E-state index >= 15 is 0 Å². The van der Waals surface area contributed by atoms with E-state index in [9.17, 15) is 0 Å². The zero-order valence-corrected chi connectivity index (χ0v) is 8.71. The van der Waals surface area contributed by atoms with Gasteiger partial charge in [-0.2, -0.15) is 0 Å². The smallest absolute Gasteiger partial charge is 0.0844 e. The molecule has 0 aromatic heterocycles. The Bertz CT molecular complexity index is 108. The van der Waals surface area contributed by atoms with Crippen LogP contribution in [-0.4, -0.2) is 31.9 Å². The molecule has 0 heterocycles. The predicted molar refractivity (Wildman–Crippen MR) is 55.8 cm³/mol. The van der Waals surface area contributed by atoms with Crippen molar-refractivity contribution in [2.75, 3.05) is 20.6 Å². The fourth-order valence-corrected chi connectivity index (χ4v) is 1.03. The van der Waals surface area contributed by atoms with Crippen LogP contribution < -0.4 is 0 Å². The fourth-order valence-electron chi connectivity index (χ4n) is 1.03. The molecule has 0 aromatic carbocycles. The van der Waals surface area contributed by atoms with E-state index in [0.717, 1.165) is 6.54 Å². The van der Waals surface area contributed by atoms with Crippen LogP contribution in [-0.2, 0) is 0 Å². The van der Waals surface area contributed by atoms with Crippen molar-refractivity contribution < 1.29 is 0 Å². The Kier molecular flexibility index (Phi) is 8.19. The number of rotatable bonds is 7. The van der Waals surface area contributed by atoms with E-state index in [4.69, 9.17) is 0 Å². The van der Waals surface area contributed by atoms with E-state index in [2.05, 4.69) is 11.9 Å². The zero-order valence-electron chi connectivity index (χ0n) is 8.71. The maximum Gasteiger partial charge on any atom is 0.0844 e. The second-order valence-electron chi connectivity index (χ2n) is 3.40. The van der Waals surface area contributed by atoms with Gasteiger partial charge in [-0.25, -0.2) is 0 Å². The third-order valence-corrected chi connectivity index (χ3v) is 1.70. The summed E-state index contributed by atoms with van der Waals surface area (Å²) in [6, 6.07) is 0. The molecule has 12 heavy (non-hydrogen) atoms. The number of aliphatic imine (C=N–C) groups is 1. The molecule has 0 unspecified atom stereocenters. The first-order valence-electron chi connectivity index (χ1n) is 4.93. The minimum Gasteiger partial charge on any atom is -0.369 e. The van der Waals surface area contributed by atoms with Crippen LogP contribution in [0.5, 0.6) is 0 Å². The minimum atomic E-state index is 0.988. The van der Waals surface area contributed by atoms with Crippen molar-refractivity contribution in [2.24, 2.45) is 4.99 Å². The van der Waals surface area contributed by atoms with E-state index in [1.54, 1.807) is 0 Å². The second kappa shape index (κ2) is 8.57. The molecule has 0 fully saturated rings. The highest BCUT2D eigenvalue weighted by Gasteiger charge is 1.86. The summed E-state index contributed by atoms with van der Waals surface area (Å²) in [5, 5.41) is 0. The molecule has 0 N–H and O–H groups in total. The topological polar surface area (TPSA) is 15.6 Å². The van der Waals surface area contributed by atoms with Crippen LogP contribution in [0.2, 0.25) is 0 Å². The molecule has 0 spiro atoms. The molecule has 2 nitrogen and oxygen atoms in total. The van der Waals surface area contributed by atoms with Crippen molar-refractivity contribution in [3.63, 3.8) is 0 Å². The Morgan fingerprint density at radius 2 is 1.75 bits per heavy atom. The van der Waals surface area contributed by atoms with Gasteiger partial charge >= 0.3 is 0 Å². The molecule has 0 aliphatic heterocycles. The van der Waals surface area contributed by atoms with E-state index in [-0.39, 0.29) is 0 Å². The highest BCUT2D eigenvalue weighted by molar-refractivity contribution is 5.53. The lowest BCUT2D eigenvalue weighted by atomic mass is 10.2. The number of nitrogens with zero attached hydrogens (tertiary/aromatic N) is 2. The van der Waals surface area contributed by atoms with E-state index in [1.165, 1.54) is 32.1 Å². The number of hydrogen-bond acceptors (Lipinski definition) is 1. The van der Waals surface area contributed by atoms with E-state index < -0.39 is 0 Å². The summed E-state index contributed by atoms with van der Waals surface area (Å²) < 4.78 is 0. The van der Waals surface area contributed by atoms with Crippen molar-refractivity contribution in [1.29, 1.82) is 0 Å². The van der Waals surface area contributed by atoms with Gasteiger partial charge in [-0.15, -0.1) is 0 Å². The summed E-state index contributed by atoms with van der Waals surface area (Å²) in [6.07, 6.45) is 8.52. The van der Waals surface area contributed by atoms with Crippen LogP contribution in [0, 0.1) is 0 Å². The van der Waals surface area contributed by atoms with E-state index in [0.29, 0.717) is 0 Å². The van der Waals surface area contributed by atoms with Gasteiger partial charge in [-0.1, -0.05) is 32.6 Å². The molecular formula is C10H22N2. The quantitative estimate of drug-likeness (QED) is 0.326. The van der Waals surface area contributed by atoms with Gasteiger partial charge in [0.2, 0.25) is 0 Å². The van der Waals surface area contributed by atoms with Crippen molar-refractivity contribution in [1.82, 2.24) is 4.90 Å². The first-order valence-corrected chi connectivity index (χ1v) is 4.93. The Morgan fingerprint density at radius 3 is 2.33 bits per heavy atom. The van der Waals surface area contributed by atoms with Gasteiger partial charge in [0.1, 0.15) is 0 Å². The Balaban J connectivity index is 3.00. The molecule has 0 aliphatic rings. The molecule has 0 aliphatic carbocycles. The van der Waals surface area contributed by atoms with Gasteiger partial charge in [-0.05, 0) is 6.42 Å². The molecule has 0 saturated heterocycles. The van der Waals surface area contributed by atoms with Gasteiger partial charge in [0, 0.05) is 20.6 Å². The monoisotopic (exact) mass is 170 g/mol. The Hall–Kier alpha value is -0.530. The van der Waals surface area contributed by atoms with Crippen LogP contribution in [0.4, 0.5) is 0 Å². The molecule has 0 rings (SSSR count). The molecule has 0 radical (unpaired) electrons. The SMILES string of the molecule is CCCCCCCN=CN(C)C. The molecule has 0 saturated carbocycles. The minimum absolute atomic E-state index is 0.988. The lowest BCUT2D eigenvalue weighted by Crippen LogP contribution is -2.07. The molecule has 0 bridgehead atoms. The van der Waals surface area contributed by atoms with Crippen molar-refractivity contribution in [2.45, 2.75) is 39.0 Å². The molecule has 0 amide bonds. The predicted octanol–water partition coefficient (Wildman–Crippen LogP) is 2.55. The summed E-state index contributed by atoms with van der Waals surface area (Å²) in [7, 11) is 4.00. The van der Waals surface area contributed by atoms with Crippen LogP contribution >= 0.6 is 0 Å². The molecule has 0 aromatic rings. The maximum atomic E-state index is 4.27. The largest absolute Gasteiger partial charge is 0.369 e. The molecule has 0 atom stereocenters. The highest BCUT2D eigenvalue weighted by Crippen LogP contribution is 2.01. The first-order chi connectivity index (χ1) is 5.77. The number of unbranched alkanes of at least 4 members (excludes halogenated alkanes) is 4. The summed E-state index contributed by atoms with van der Waals surface area (Å²) in [5.74, 6) is 0. The maximum absolute atomic E-state index is 4.27. The van der Waals surface area contributed by atoms with E-state index in [1.807, 2.05) is 25.3 Å². The average molecular weight is 170 g/mol. The second-order valence-corrected chi connectivity index (χ2v) is 3.40. The lowest BCUT2D eigenvalue weighted by Gasteiger charge is -2.02. The summed E-state index contributed by atoms with van der Waals surface area (Å²) in [4.78, 5) is 6.25. The average Bonchev–Trinajstić information content (AvgIpc) is 2.02. The van der Waals surface area contributed by atoms with Gasteiger partial charge < -0.3 is 4.90 Å². The molecule has 2 heteroatoms. The standard InChI is InChI=1S/C10H22N2/c1-4-5-6-7-8-9-11-10-12(2)3/h10H,4-9H2,1-3H3. The van der Waals surface area contributed by atoms with Crippen LogP contribution in [0.1, 0.15) is 39.0 Å². The Morgan fingerprint density at radius 1 is 1.08 bits per heavy atom. The van der Waals surface area contributed by atoms with Gasteiger partial charge in [0.15, 0.2) is 0 Å². The number of hydrogen-bond donors (Lipinski definition) is 0. The Labute approximate surface area is 76.7 Å². The third kappa shape index (κ3) is 9.47. The molecule has 72 valence electrons. The van der Waals surface area contributed by atoms with Crippen molar-refractivity contribution >= 4 is 6.34 Å². The van der Waals surface area contributed by atoms with Crippen LogP contribution in [0.15, 0.2) is 4.99 Å². The summed E-state index contributed by atoms with van der Waals surface area (Å²) in [5.41, 5.74) is 0. The lowest BCUT2D eigenvalue weighted by molar-refractivity contribution is 0.620. The van der Waals surface area contributed by atoms with Gasteiger partial charge in [0.05, 0.1) is 6.34 Å². The first kappa shape index (κ1) is 11.5. The highest BCUT2D eigenvalue weighted by atomic mass is 15.1. The zero-order chi connectivity index (χ0) is 9.23. The van der Waals surface area contributed by atoms with Gasteiger partial charge in [-0.3, -0.25) is 4.99 Å². The van der Waals surface area contributed by atoms with Crippen LogP contribution in [0.25, 0.3) is 0 Å². The normalized spacial score (nSPS) is 10.9. The van der Waals surface area contributed by atoms with Crippen molar-refractivity contribution in [3.8, 4) is 0 Å².